The molecule has 1 heterocycles. The SMILES string of the molecule is COC(C)C(C)(O)c1c(C)ccnc1N. The van der Waals surface area contributed by atoms with Crippen LogP contribution in [0.25, 0.3) is 0 Å². The zero-order valence-electron chi connectivity index (χ0n) is 9.61. The Bertz CT molecular complexity index is 330. The van der Waals surface area contributed by atoms with E-state index in [9.17, 15) is 5.11 Å². The van der Waals surface area contributed by atoms with Crippen LogP contribution in [0.1, 0.15) is 25.0 Å². The summed E-state index contributed by atoms with van der Waals surface area (Å²) in [7, 11) is 1.56. The molecule has 0 aliphatic rings. The van der Waals surface area contributed by atoms with Gasteiger partial charge in [-0.3, -0.25) is 0 Å². The first kappa shape index (κ1) is 11.9. The Kier molecular flexibility index (Phi) is 3.31. The fourth-order valence-corrected chi connectivity index (χ4v) is 1.67. The lowest BCUT2D eigenvalue weighted by molar-refractivity contribution is -0.0772. The van der Waals surface area contributed by atoms with Gasteiger partial charge < -0.3 is 15.6 Å². The van der Waals surface area contributed by atoms with E-state index in [2.05, 4.69) is 4.98 Å². The first-order valence-corrected chi connectivity index (χ1v) is 4.88. The number of aromatic nitrogens is 1. The number of methoxy groups -OCH3 is 1. The monoisotopic (exact) mass is 210 g/mol. The number of hydrogen-bond acceptors (Lipinski definition) is 4. The number of aryl methyl sites for hydroxylation is 1. The van der Waals surface area contributed by atoms with Crippen LogP contribution in [0, 0.1) is 6.92 Å². The van der Waals surface area contributed by atoms with E-state index < -0.39 is 5.60 Å². The van der Waals surface area contributed by atoms with Gasteiger partial charge in [0.05, 0.1) is 6.10 Å². The highest BCUT2D eigenvalue weighted by Gasteiger charge is 2.34. The lowest BCUT2D eigenvalue weighted by Gasteiger charge is -2.31. The molecule has 4 nitrogen and oxygen atoms in total. The van der Waals surface area contributed by atoms with Gasteiger partial charge in [-0.25, -0.2) is 4.98 Å². The van der Waals surface area contributed by atoms with Gasteiger partial charge in [-0.15, -0.1) is 0 Å². The molecule has 1 rings (SSSR count). The molecule has 1 aromatic heterocycles. The minimum absolute atomic E-state index is 0.345. The van der Waals surface area contributed by atoms with Gasteiger partial charge in [0.2, 0.25) is 0 Å². The highest BCUT2D eigenvalue weighted by atomic mass is 16.5. The molecule has 0 radical (unpaired) electrons. The Labute approximate surface area is 90.1 Å². The average Bonchev–Trinajstić information content (AvgIpc) is 2.15. The topological polar surface area (TPSA) is 68.4 Å². The summed E-state index contributed by atoms with van der Waals surface area (Å²) in [6, 6.07) is 1.82. The molecule has 0 aromatic carbocycles. The third-order valence-corrected chi connectivity index (χ3v) is 2.84. The van der Waals surface area contributed by atoms with E-state index in [1.807, 2.05) is 13.0 Å². The minimum atomic E-state index is -1.13. The van der Waals surface area contributed by atoms with E-state index in [1.54, 1.807) is 27.2 Å². The maximum atomic E-state index is 10.4. The second-order valence-corrected chi connectivity index (χ2v) is 3.91. The Morgan fingerprint density at radius 3 is 2.67 bits per heavy atom. The number of ether oxygens (including phenoxy) is 1. The van der Waals surface area contributed by atoms with Gasteiger partial charge >= 0.3 is 0 Å². The summed E-state index contributed by atoms with van der Waals surface area (Å²) in [6.07, 6.45) is 1.28. The van der Waals surface area contributed by atoms with Gasteiger partial charge in [0.1, 0.15) is 11.4 Å². The molecule has 0 saturated carbocycles. The summed E-state index contributed by atoms with van der Waals surface area (Å²) < 4.78 is 5.15. The van der Waals surface area contributed by atoms with Crippen molar-refractivity contribution < 1.29 is 9.84 Å². The molecule has 0 saturated heterocycles. The number of nitrogen functional groups attached to an aromatic ring is 1. The lowest BCUT2D eigenvalue weighted by Crippen LogP contribution is -2.37. The molecule has 4 heteroatoms. The molecule has 0 spiro atoms. The summed E-state index contributed by atoms with van der Waals surface area (Å²) in [5.41, 5.74) is 6.20. The molecule has 2 unspecified atom stereocenters. The Morgan fingerprint density at radius 2 is 2.20 bits per heavy atom. The summed E-state index contributed by atoms with van der Waals surface area (Å²) in [4.78, 5) is 3.99. The summed E-state index contributed by atoms with van der Waals surface area (Å²) in [5.74, 6) is 0.351. The number of pyridine rings is 1. The van der Waals surface area contributed by atoms with E-state index in [0.29, 0.717) is 11.4 Å². The number of rotatable bonds is 3. The summed E-state index contributed by atoms with van der Waals surface area (Å²) >= 11 is 0. The largest absolute Gasteiger partial charge is 0.383 e. The minimum Gasteiger partial charge on any atom is -0.383 e. The first-order chi connectivity index (χ1) is 6.91. The number of anilines is 1. The van der Waals surface area contributed by atoms with Crippen LogP contribution in [-0.4, -0.2) is 23.3 Å². The van der Waals surface area contributed by atoms with Crippen molar-refractivity contribution in [3.8, 4) is 0 Å². The standard InChI is InChI=1S/C11H18N2O2/c1-7-5-6-13-10(12)9(7)11(3,14)8(2)15-4/h5-6,8,14H,1-4H3,(H2,12,13). The van der Waals surface area contributed by atoms with Crippen molar-refractivity contribution in [2.75, 3.05) is 12.8 Å². The Morgan fingerprint density at radius 1 is 1.60 bits per heavy atom. The molecule has 3 N–H and O–H groups in total. The predicted molar refractivity (Wildman–Crippen MR) is 59.4 cm³/mol. The quantitative estimate of drug-likeness (QED) is 0.787. The number of hydrogen-bond donors (Lipinski definition) is 2. The van der Waals surface area contributed by atoms with E-state index in [4.69, 9.17) is 10.5 Å². The van der Waals surface area contributed by atoms with Crippen molar-refractivity contribution in [3.63, 3.8) is 0 Å². The second kappa shape index (κ2) is 4.16. The third-order valence-electron chi connectivity index (χ3n) is 2.84. The van der Waals surface area contributed by atoms with E-state index in [-0.39, 0.29) is 6.10 Å². The van der Waals surface area contributed by atoms with E-state index >= 15 is 0 Å². The van der Waals surface area contributed by atoms with Crippen LogP contribution in [0.5, 0.6) is 0 Å². The highest BCUT2D eigenvalue weighted by Crippen LogP contribution is 2.31. The molecule has 84 valence electrons. The highest BCUT2D eigenvalue weighted by molar-refractivity contribution is 5.48. The molecular weight excluding hydrogens is 192 g/mol. The normalized spacial score (nSPS) is 17.1. The first-order valence-electron chi connectivity index (χ1n) is 4.88. The maximum absolute atomic E-state index is 10.4. The van der Waals surface area contributed by atoms with Gasteiger partial charge in [0.15, 0.2) is 0 Å². The van der Waals surface area contributed by atoms with E-state index in [0.717, 1.165) is 5.56 Å². The van der Waals surface area contributed by atoms with E-state index in [1.165, 1.54) is 0 Å². The van der Waals surface area contributed by atoms with Crippen molar-refractivity contribution in [3.05, 3.63) is 23.4 Å². The molecule has 2 atom stereocenters. The fraction of sp³-hybridized carbons (Fsp3) is 0.545. The molecule has 0 bridgehead atoms. The smallest absolute Gasteiger partial charge is 0.129 e. The van der Waals surface area contributed by atoms with Crippen molar-refractivity contribution in [2.45, 2.75) is 32.5 Å². The summed E-state index contributed by atoms with van der Waals surface area (Å²) in [5, 5.41) is 10.4. The molecule has 0 aliphatic heterocycles. The van der Waals surface area contributed by atoms with Crippen LogP contribution in [0.3, 0.4) is 0 Å². The number of nitrogens with two attached hydrogens (primary N) is 1. The fourth-order valence-electron chi connectivity index (χ4n) is 1.67. The Hall–Kier alpha value is -1.13. The van der Waals surface area contributed by atoms with Gasteiger partial charge in [-0.05, 0) is 32.4 Å². The molecule has 0 fully saturated rings. The molecule has 15 heavy (non-hydrogen) atoms. The van der Waals surface area contributed by atoms with Crippen LogP contribution in [-0.2, 0) is 10.3 Å². The summed E-state index contributed by atoms with van der Waals surface area (Å²) in [6.45, 7) is 5.37. The maximum Gasteiger partial charge on any atom is 0.129 e. The molecule has 1 aromatic rings. The van der Waals surface area contributed by atoms with Crippen molar-refractivity contribution in [1.29, 1.82) is 0 Å². The second-order valence-electron chi connectivity index (χ2n) is 3.91. The van der Waals surface area contributed by atoms with Crippen LogP contribution in [0.15, 0.2) is 12.3 Å². The zero-order chi connectivity index (χ0) is 11.6. The molecule has 0 aliphatic carbocycles. The van der Waals surface area contributed by atoms with Crippen molar-refractivity contribution in [2.24, 2.45) is 0 Å². The zero-order valence-corrected chi connectivity index (χ0v) is 9.61. The predicted octanol–water partition coefficient (Wildman–Crippen LogP) is 1.21. The van der Waals surface area contributed by atoms with Crippen molar-refractivity contribution >= 4 is 5.82 Å². The van der Waals surface area contributed by atoms with Gasteiger partial charge in [-0.2, -0.15) is 0 Å². The van der Waals surface area contributed by atoms with Crippen LogP contribution in [0.2, 0.25) is 0 Å². The van der Waals surface area contributed by atoms with Gasteiger partial charge in [-0.1, -0.05) is 0 Å². The molecular formula is C11H18N2O2. The Balaban J connectivity index is 3.25. The lowest BCUT2D eigenvalue weighted by atomic mass is 9.88. The van der Waals surface area contributed by atoms with Crippen LogP contribution >= 0.6 is 0 Å². The van der Waals surface area contributed by atoms with Crippen molar-refractivity contribution in [1.82, 2.24) is 4.98 Å². The third kappa shape index (κ3) is 2.11. The average molecular weight is 210 g/mol. The van der Waals surface area contributed by atoms with Crippen LogP contribution in [0.4, 0.5) is 5.82 Å². The number of nitrogens with zero attached hydrogens (tertiary/aromatic N) is 1. The van der Waals surface area contributed by atoms with Gasteiger partial charge in [0, 0.05) is 18.9 Å². The number of aliphatic hydroxyl groups is 1. The van der Waals surface area contributed by atoms with Gasteiger partial charge in [0.25, 0.3) is 0 Å². The molecule has 0 amide bonds. The van der Waals surface area contributed by atoms with Crippen LogP contribution < -0.4 is 5.73 Å².